The summed E-state index contributed by atoms with van der Waals surface area (Å²) in [4.78, 5) is 10.7. The van der Waals surface area contributed by atoms with Crippen molar-refractivity contribution in [3.63, 3.8) is 0 Å². The van der Waals surface area contributed by atoms with Gasteiger partial charge >= 0.3 is 5.97 Å². The van der Waals surface area contributed by atoms with E-state index in [1.165, 1.54) is 12.2 Å². The number of thioether (sulfide) groups is 1. The first-order chi connectivity index (χ1) is 8.59. The molecule has 4 heteroatoms. The van der Waals surface area contributed by atoms with Crippen molar-refractivity contribution >= 4 is 17.7 Å². The summed E-state index contributed by atoms with van der Waals surface area (Å²) in [6, 6.07) is 6.51. The van der Waals surface area contributed by atoms with Crippen molar-refractivity contribution in [2.75, 3.05) is 18.1 Å². The molecule has 0 aliphatic rings. The summed E-state index contributed by atoms with van der Waals surface area (Å²) in [5, 5.41) is 8.75. The van der Waals surface area contributed by atoms with E-state index < -0.39 is 5.97 Å². The van der Waals surface area contributed by atoms with Gasteiger partial charge in [-0.15, -0.1) is 0 Å². The number of carbonyl (C=O) groups is 1. The van der Waals surface area contributed by atoms with Crippen LogP contribution in [-0.4, -0.2) is 29.2 Å². The van der Waals surface area contributed by atoms with Gasteiger partial charge in [0, 0.05) is 5.75 Å². The molecule has 1 rings (SSSR count). The second kappa shape index (κ2) is 8.03. The van der Waals surface area contributed by atoms with E-state index in [4.69, 9.17) is 9.84 Å². The number of hydrogen-bond acceptors (Lipinski definition) is 3. The van der Waals surface area contributed by atoms with Gasteiger partial charge in [-0.05, 0) is 42.4 Å². The Labute approximate surface area is 113 Å². The second-order valence-corrected chi connectivity index (χ2v) is 5.70. The Morgan fingerprint density at radius 3 is 2.50 bits per heavy atom. The highest BCUT2D eigenvalue weighted by molar-refractivity contribution is 7.99. The molecular formula is C14H20O3S. The zero-order valence-corrected chi connectivity index (χ0v) is 11.7. The summed E-state index contributed by atoms with van der Waals surface area (Å²) in [6.45, 7) is 5.11. The van der Waals surface area contributed by atoms with Gasteiger partial charge in [-0.3, -0.25) is 0 Å². The molecule has 1 N–H and O–H groups in total. The predicted molar refractivity (Wildman–Crippen MR) is 75.7 cm³/mol. The molecule has 0 atom stereocenters. The summed E-state index contributed by atoms with van der Waals surface area (Å²) in [6.07, 6.45) is 1.23. The third-order valence-electron chi connectivity index (χ3n) is 2.44. The van der Waals surface area contributed by atoms with Crippen LogP contribution in [0.3, 0.4) is 0 Å². The van der Waals surface area contributed by atoms with E-state index in [-0.39, 0.29) is 5.56 Å². The normalized spacial score (nSPS) is 10.6. The fraction of sp³-hybridized carbons (Fsp3) is 0.500. The molecule has 0 amide bonds. The van der Waals surface area contributed by atoms with Gasteiger partial charge in [-0.1, -0.05) is 13.8 Å². The van der Waals surface area contributed by atoms with Crippen LogP contribution < -0.4 is 4.74 Å². The van der Waals surface area contributed by atoms with Gasteiger partial charge in [0.1, 0.15) is 5.75 Å². The lowest BCUT2D eigenvalue weighted by Gasteiger charge is -2.07. The maximum Gasteiger partial charge on any atom is 0.335 e. The number of aromatic carboxylic acids is 1. The molecule has 18 heavy (non-hydrogen) atoms. The Bertz CT molecular complexity index is 360. The Kier molecular flexibility index (Phi) is 6.65. The van der Waals surface area contributed by atoms with E-state index in [0.717, 1.165) is 17.4 Å². The maximum absolute atomic E-state index is 10.7. The van der Waals surface area contributed by atoms with Crippen molar-refractivity contribution in [3.05, 3.63) is 29.8 Å². The summed E-state index contributed by atoms with van der Waals surface area (Å²) < 4.78 is 5.53. The molecule has 0 aromatic heterocycles. The summed E-state index contributed by atoms with van der Waals surface area (Å²) >= 11 is 1.89. The Balaban J connectivity index is 2.17. The van der Waals surface area contributed by atoms with E-state index in [2.05, 4.69) is 13.8 Å². The summed E-state index contributed by atoms with van der Waals surface area (Å²) in [5.74, 6) is 2.70. The van der Waals surface area contributed by atoms with E-state index >= 15 is 0 Å². The first-order valence-electron chi connectivity index (χ1n) is 6.13. The maximum atomic E-state index is 10.7. The zero-order valence-electron chi connectivity index (χ0n) is 10.9. The zero-order chi connectivity index (χ0) is 13.4. The van der Waals surface area contributed by atoms with Crippen LogP contribution in [0.15, 0.2) is 24.3 Å². The van der Waals surface area contributed by atoms with Gasteiger partial charge in [-0.25, -0.2) is 4.79 Å². The smallest absolute Gasteiger partial charge is 0.335 e. The highest BCUT2D eigenvalue weighted by atomic mass is 32.2. The van der Waals surface area contributed by atoms with Gasteiger partial charge in [0.25, 0.3) is 0 Å². The highest BCUT2D eigenvalue weighted by Gasteiger charge is 2.02. The van der Waals surface area contributed by atoms with Crippen LogP contribution >= 0.6 is 11.8 Å². The molecule has 0 bridgehead atoms. The fourth-order valence-electron chi connectivity index (χ4n) is 1.33. The van der Waals surface area contributed by atoms with Gasteiger partial charge < -0.3 is 9.84 Å². The van der Waals surface area contributed by atoms with Crippen molar-refractivity contribution in [3.8, 4) is 5.75 Å². The van der Waals surface area contributed by atoms with Gasteiger partial charge in [0.05, 0.1) is 12.2 Å². The van der Waals surface area contributed by atoms with Crippen LogP contribution in [0.4, 0.5) is 0 Å². The minimum absolute atomic E-state index is 0.286. The van der Waals surface area contributed by atoms with Crippen molar-refractivity contribution in [2.45, 2.75) is 20.3 Å². The molecule has 0 aliphatic carbocycles. The average Bonchev–Trinajstić information content (AvgIpc) is 2.34. The largest absolute Gasteiger partial charge is 0.493 e. The number of carboxylic acid groups (broad SMARTS) is 1. The molecule has 0 aliphatic heterocycles. The molecule has 0 heterocycles. The molecule has 1 aromatic rings. The number of carboxylic acids is 1. The van der Waals surface area contributed by atoms with Crippen molar-refractivity contribution in [2.24, 2.45) is 5.92 Å². The lowest BCUT2D eigenvalue weighted by molar-refractivity contribution is 0.0697. The van der Waals surface area contributed by atoms with Gasteiger partial charge in [0.15, 0.2) is 0 Å². The number of benzene rings is 1. The summed E-state index contributed by atoms with van der Waals surface area (Å²) in [7, 11) is 0. The van der Waals surface area contributed by atoms with Crippen molar-refractivity contribution in [1.29, 1.82) is 0 Å². The topological polar surface area (TPSA) is 46.5 Å². The number of rotatable bonds is 8. The molecular weight excluding hydrogens is 248 g/mol. The molecule has 0 saturated carbocycles. The molecule has 0 unspecified atom stereocenters. The lowest BCUT2D eigenvalue weighted by atomic mass is 10.2. The quantitative estimate of drug-likeness (QED) is 0.732. The monoisotopic (exact) mass is 268 g/mol. The van der Waals surface area contributed by atoms with E-state index in [1.807, 2.05) is 11.8 Å². The molecule has 0 spiro atoms. The fourth-order valence-corrected chi connectivity index (χ4v) is 2.38. The summed E-state index contributed by atoms with van der Waals surface area (Å²) in [5.41, 5.74) is 0.286. The first kappa shape index (κ1) is 14.9. The number of ether oxygens (including phenoxy) is 1. The minimum atomic E-state index is -0.911. The molecule has 100 valence electrons. The Morgan fingerprint density at radius 2 is 1.94 bits per heavy atom. The van der Waals surface area contributed by atoms with Crippen LogP contribution in [0, 0.1) is 5.92 Å². The molecule has 0 saturated heterocycles. The van der Waals surface area contributed by atoms with Crippen LogP contribution in [0.5, 0.6) is 5.75 Å². The molecule has 0 radical (unpaired) electrons. The van der Waals surface area contributed by atoms with Crippen LogP contribution in [0.2, 0.25) is 0 Å². The van der Waals surface area contributed by atoms with Crippen LogP contribution in [0.25, 0.3) is 0 Å². The first-order valence-corrected chi connectivity index (χ1v) is 7.29. The third-order valence-corrected chi connectivity index (χ3v) is 3.42. The van der Waals surface area contributed by atoms with E-state index in [1.54, 1.807) is 24.3 Å². The highest BCUT2D eigenvalue weighted by Crippen LogP contribution is 2.13. The SMILES string of the molecule is CC(C)CCSCCOc1ccc(C(=O)O)cc1. The third kappa shape index (κ3) is 5.96. The van der Waals surface area contributed by atoms with Gasteiger partial charge in [0.2, 0.25) is 0 Å². The van der Waals surface area contributed by atoms with Crippen LogP contribution in [0.1, 0.15) is 30.6 Å². The standard InChI is InChI=1S/C14H20O3S/c1-11(2)7-9-18-10-8-17-13-5-3-12(4-6-13)14(15)16/h3-6,11H,7-10H2,1-2H3,(H,15,16). The van der Waals surface area contributed by atoms with Crippen LogP contribution in [-0.2, 0) is 0 Å². The predicted octanol–water partition coefficient (Wildman–Crippen LogP) is 3.54. The number of hydrogen-bond donors (Lipinski definition) is 1. The molecule has 1 aromatic carbocycles. The second-order valence-electron chi connectivity index (χ2n) is 4.47. The minimum Gasteiger partial charge on any atom is -0.493 e. The van der Waals surface area contributed by atoms with Gasteiger partial charge in [-0.2, -0.15) is 11.8 Å². The van der Waals surface area contributed by atoms with Crippen molar-refractivity contribution < 1.29 is 14.6 Å². The van der Waals surface area contributed by atoms with E-state index in [9.17, 15) is 4.79 Å². The lowest BCUT2D eigenvalue weighted by Crippen LogP contribution is -2.02. The van der Waals surface area contributed by atoms with Crippen molar-refractivity contribution in [1.82, 2.24) is 0 Å². The molecule has 0 fully saturated rings. The molecule has 3 nitrogen and oxygen atoms in total. The Morgan fingerprint density at radius 1 is 1.28 bits per heavy atom. The average molecular weight is 268 g/mol. The van der Waals surface area contributed by atoms with E-state index in [0.29, 0.717) is 6.61 Å². The Hall–Kier alpha value is -1.16.